The molecule has 1 aliphatic heterocycles. The zero-order chi connectivity index (χ0) is 14.9. The van der Waals surface area contributed by atoms with Gasteiger partial charge in [0.05, 0.1) is 16.8 Å². The van der Waals surface area contributed by atoms with Crippen molar-refractivity contribution in [3.63, 3.8) is 0 Å². The third kappa shape index (κ3) is 3.14. The van der Waals surface area contributed by atoms with E-state index in [1.807, 2.05) is 29.8 Å². The Morgan fingerprint density at radius 1 is 1.33 bits per heavy atom. The van der Waals surface area contributed by atoms with Gasteiger partial charge in [-0.3, -0.25) is 4.90 Å². The Bertz CT molecular complexity index is 620. The average molecular weight is 323 g/mol. The molecule has 0 atom stereocenters. The fraction of sp³-hybridized carbons (Fsp3) is 0.438. The number of benzene rings is 1. The second-order valence-corrected chi connectivity index (χ2v) is 7.00. The van der Waals surface area contributed by atoms with Crippen LogP contribution in [0.2, 0.25) is 5.02 Å². The van der Waals surface area contributed by atoms with Crippen LogP contribution in [0.25, 0.3) is 0 Å². The van der Waals surface area contributed by atoms with Crippen molar-refractivity contribution < 1.29 is 5.11 Å². The van der Waals surface area contributed by atoms with E-state index in [2.05, 4.69) is 16.8 Å². The highest BCUT2D eigenvalue weighted by Crippen LogP contribution is 2.37. The largest absolute Gasteiger partial charge is 0.385 e. The zero-order valence-electron chi connectivity index (χ0n) is 12.1. The number of piperidine rings is 1. The molecule has 5 heteroatoms. The molecule has 0 bridgehead atoms. The number of halogens is 1. The van der Waals surface area contributed by atoms with Gasteiger partial charge in [0.1, 0.15) is 0 Å². The topological polar surface area (TPSA) is 36.4 Å². The lowest BCUT2D eigenvalue weighted by molar-refractivity contribution is -0.0274. The van der Waals surface area contributed by atoms with Gasteiger partial charge in [-0.15, -0.1) is 11.3 Å². The van der Waals surface area contributed by atoms with Crippen molar-refractivity contribution in [1.82, 2.24) is 9.88 Å². The molecule has 1 aliphatic rings. The van der Waals surface area contributed by atoms with Crippen LogP contribution in [0.1, 0.15) is 29.0 Å². The molecule has 3 rings (SSSR count). The van der Waals surface area contributed by atoms with Crippen LogP contribution in [0.4, 0.5) is 0 Å². The molecule has 0 saturated carbocycles. The molecule has 1 fully saturated rings. The fourth-order valence-corrected chi connectivity index (χ4v) is 4.00. The predicted molar refractivity (Wildman–Crippen MR) is 86.7 cm³/mol. The summed E-state index contributed by atoms with van der Waals surface area (Å²) in [6.07, 6.45) is 1.43. The SMILES string of the molecule is Cc1ncsc1CN1CCC(O)(c2ccccc2Cl)CC1. The van der Waals surface area contributed by atoms with Crippen molar-refractivity contribution >= 4 is 22.9 Å². The van der Waals surface area contributed by atoms with Gasteiger partial charge in [-0.05, 0) is 25.8 Å². The second-order valence-electron chi connectivity index (χ2n) is 5.65. The molecule has 2 heterocycles. The van der Waals surface area contributed by atoms with E-state index in [-0.39, 0.29) is 0 Å². The number of likely N-dealkylation sites (tertiary alicyclic amines) is 1. The molecule has 1 saturated heterocycles. The Balaban J connectivity index is 1.67. The number of hydrogen-bond acceptors (Lipinski definition) is 4. The van der Waals surface area contributed by atoms with Gasteiger partial charge >= 0.3 is 0 Å². The van der Waals surface area contributed by atoms with Crippen molar-refractivity contribution in [3.8, 4) is 0 Å². The smallest absolute Gasteiger partial charge is 0.0935 e. The summed E-state index contributed by atoms with van der Waals surface area (Å²) in [5.41, 5.74) is 3.08. The van der Waals surface area contributed by atoms with Gasteiger partial charge in [-0.1, -0.05) is 29.8 Å². The molecule has 0 radical (unpaired) electrons. The number of rotatable bonds is 3. The van der Waals surface area contributed by atoms with Crippen LogP contribution in [0.5, 0.6) is 0 Å². The molecule has 1 N–H and O–H groups in total. The minimum Gasteiger partial charge on any atom is -0.385 e. The van der Waals surface area contributed by atoms with Crippen molar-refractivity contribution in [2.45, 2.75) is 31.9 Å². The van der Waals surface area contributed by atoms with Gasteiger partial charge < -0.3 is 5.11 Å². The zero-order valence-corrected chi connectivity index (χ0v) is 13.6. The van der Waals surface area contributed by atoms with Gasteiger partial charge in [0.25, 0.3) is 0 Å². The van der Waals surface area contributed by atoms with Gasteiger partial charge in [0.15, 0.2) is 0 Å². The van der Waals surface area contributed by atoms with Crippen LogP contribution in [-0.2, 0) is 12.1 Å². The van der Waals surface area contributed by atoms with E-state index in [1.54, 1.807) is 11.3 Å². The first-order valence-corrected chi connectivity index (χ1v) is 8.43. The summed E-state index contributed by atoms with van der Waals surface area (Å²) in [6, 6.07) is 7.62. The van der Waals surface area contributed by atoms with Crippen molar-refractivity contribution in [2.24, 2.45) is 0 Å². The van der Waals surface area contributed by atoms with Gasteiger partial charge in [-0.25, -0.2) is 4.98 Å². The maximum atomic E-state index is 10.9. The van der Waals surface area contributed by atoms with E-state index in [9.17, 15) is 5.11 Å². The summed E-state index contributed by atoms with van der Waals surface area (Å²) in [4.78, 5) is 7.99. The van der Waals surface area contributed by atoms with E-state index in [1.165, 1.54) is 4.88 Å². The van der Waals surface area contributed by atoms with Crippen LogP contribution in [0.3, 0.4) is 0 Å². The summed E-state index contributed by atoms with van der Waals surface area (Å²) >= 11 is 7.94. The maximum Gasteiger partial charge on any atom is 0.0935 e. The minimum absolute atomic E-state index is 0.659. The molecule has 2 aromatic rings. The number of nitrogens with zero attached hydrogens (tertiary/aromatic N) is 2. The number of hydrogen-bond donors (Lipinski definition) is 1. The summed E-state index contributed by atoms with van der Waals surface area (Å²) in [5, 5.41) is 11.6. The lowest BCUT2D eigenvalue weighted by Crippen LogP contribution is -2.42. The molecule has 112 valence electrons. The number of thiazole rings is 1. The monoisotopic (exact) mass is 322 g/mol. The maximum absolute atomic E-state index is 10.9. The van der Waals surface area contributed by atoms with Crippen LogP contribution in [-0.4, -0.2) is 28.1 Å². The molecule has 21 heavy (non-hydrogen) atoms. The van der Waals surface area contributed by atoms with Gasteiger partial charge in [0, 0.05) is 35.1 Å². The van der Waals surface area contributed by atoms with Crippen molar-refractivity contribution in [3.05, 3.63) is 50.9 Å². The van der Waals surface area contributed by atoms with E-state index >= 15 is 0 Å². The summed E-state index contributed by atoms with van der Waals surface area (Å²) in [5.74, 6) is 0. The number of aryl methyl sites for hydroxylation is 1. The van der Waals surface area contributed by atoms with E-state index in [0.29, 0.717) is 17.9 Å². The molecular weight excluding hydrogens is 304 g/mol. The Morgan fingerprint density at radius 3 is 2.67 bits per heavy atom. The fourth-order valence-electron chi connectivity index (χ4n) is 2.87. The Morgan fingerprint density at radius 2 is 2.05 bits per heavy atom. The standard InChI is InChI=1S/C16H19ClN2OS/c1-12-15(21-11-18-12)10-19-8-6-16(20,7-9-19)13-4-2-3-5-14(13)17/h2-5,11,20H,6-10H2,1H3. The lowest BCUT2D eigenvalue weighted by atomic mass is 9.84. The third-order valence-corrected chi connectivity index (χ3v) is 5.52. The van der Waals surface area contributed by atoms with Crippen LogP contribution < -0.4 is 0 Å². The predicted octanol–water partition coefficient (Wildman–Crippen LogP) is 3.59. The first-order valence-electron chi connectivity index (χ1n) is 7.17. The molecule has 0 aliphatic carbocycles. The first-order chi connectivity index (χ1) is 10.1. The summed E-state index contributed by atoms with van der Waals surface area (Å²) < 4.78 is 0. The first kappa shape index (κ1) is 15.0. The highest BCUT2D eigenvalue weighted by atomic mass is 35.5. The Kier molecular flexibility index (Phi) is 4.31. The quantitative estimate of drug-likeness (QED) is 0.938. The van der Waals surface area contributed by atoms with Crippen molar-refractivity contribution in [2.75, 3.05) is 13.1 Å². The Labute approximate surface area is 134 Å². The molecule has 3 nitrogen and oxygen atoms in total. The molecule has 1 aromatic heterocycles. The number of aromatic nitrogens is 1. The molecule has 0 amide bonds. The molecule has 0 spiro atoms. The molecular formula is C16H19ClN2OS. The summed E-state index contributed by atoms with van der Waals surface area (Å²) in [7, 11) is 0. The minimum atomic E-state index is -0.794. The summed E-state index contributed by atoms with van der Waals surface area (Å²) in [6.45, 7) is 4.73. The van der Waals surface area contributed by atoms with Gasteiger partial charge in [0.2, 0.25) is 0 Å². The van der Waals surface area contributed by atoms with E-state index in [4.69, 9.17) is 11.6 Å². The van der Waals surface area contributed by atoms with Gasteiger partial charge in [-0.2, -0.15) is 0 Å². The highest BCUT2D eigenvalue weighted by molar-refractivity contribution is 7.09. The van der Waals surface area contributed by atoms with E-state index < -0.39 is 5.60 Å². The highest BCUT2D eigenvalue weighted by Gasteiger charge is 2.35. The Hall–Kier alpha value is -0.940. The molecule has 0 unspecified atom stereocenters. The lowest BCUT2D eigenvalue weighted by Gasteiger charge is -2.38. The normalized spacial score (nSPS) is 18.8. The third-order valence-electron chi connectivity index (χ3n) is 4.27. The second kappa shape index (κ2) is 6.05. The van der Waals surface area contributed by atoms with Crippen LogP contribution in [0, 0.1) is 6.92 Å². The van der Waals surface area contributed by atoms with Crippen LogP contribution >= 0.6 is 22.9 Å². The molecule has 1 aromatic carbocycles. The van der Waals surface area contributed by atoms with Crippen LogP contribution in [0.15, 0.2) is 29.8 Å². The van der Waals surface area contributed by atoms with E-state index in [0.717, 1.165) is 30.9 Å². The number of aliphatic hydroxyl groups is 1. The van der Waals surface area contributed by atoms with Crippen molar-refractivity contribution in [1.29, 1.82) is 0 Å². The average Bonchev–Trinajstić information content (AvgIpc) is 2.87.